The van der Waals surface area contributed by atoms with Gasteiger partial charge in [0.05, 0.1) is 5.69 Å². The van der Waals surface area contributed by atoms with E-state index in [2.05, 4.69) is 255 Å². The minimum Gasteiger partial charge on any atom is -0.310 e. The molecule has 356 valence electrons. The largest absolute Gasteiger partial charge is 0.310 e. The van der Waals surface area contributed by atoms with Crippen LogP contribution >= 0.6 is 0 Å². The average Bonchev–Trinajstić information content (AvgIpc) is 4.00. The van der Waals surface area contributed by atoms with Crippen molar-refractivity contribution < 1.29 is 0 Å². The first-order valence-electron chi connectivity index (χ1n) is 27.2. The highest BCUT2D eigenvalue weighted by atomic mass is 15.1. The topological polar surface area (TPSA) is 3.24 Å². The van der Waals surface area contributed by atoms with E-state index in [9.17, 15) is 0 Å². The Kier molecular flexibility index (Phi) is 9.87. The average molecular weight is 950 g/mol. The van der Waals surface area contributed by atoms with Crippen LogP contribution in [0.2, 0.25) is 0 Å². The van der Waals surface area contributed by atoms with E-state index in [1.807, 2.05) is 0 Å². The van der Waals surface area contributed by atoms with Crippen LogP contribution in [0.5, 0.6) is 0 Å². The van der Waals surface area contributed by atoms with E-state index in [0.29, 0.717) is 11.8 Å². The zero-order valence-corrected chi connectivity index (χ0v) is 42.3. The van der Waals surface area contributed by atoms with Gasteiger partial charge in [-0.05, 0) is 181 Å². The Labute approximate surface area is 436 Å². The van der Waals surface area contributed by atoms with E-state index in [0.717, 1.165) is 17.5 Å². The van der Waals surface area contributed by atoms with Gasteiger partial charge in [-0.2, -0.15) is 0 Å². The maximum atomic E-state index is 2.65. The second-order valence-electron chi connectivity index (χ2n) is 22.8. The predicted molar refractivity (Wildman–Crippen MR) is 309 cm³/mol. The van der Waals surface area contributed by atoms with Crippen LogP contribution in [0.3, 0.4) is 0 Å². The molecule has 4 fully saturated rings. The molecular weight excluding hydrogens is 891 g/mol. The molecule has 74 heavy (non-hydrogen) atoms. The highest BCUT2D eigenvalue weighted by Gasteiger charge is 2.61. The lowest BCUT2D eigenvalue weighted by molar-refractivity contribution is -0.0399. The van der Waals surface area contributed by atoms with Gasteiger partial charge in [-0.1, -0.05) is 220 Å². The highest BCUT2D eigenvalue weighted by molar-refractivity contribution is 5.95. The van der Waals surface area contributed by atoms with Crippen LogP contribution in [-0.2, 0) is 10.8 Å². The Morgan fingerprint density at radius 1 is 0.311 bits per heavy atom. The molecular formula is C73H59N. The molecule has 1 nitrogen and oxygen atoms in total. The first-order chi connectivity index (χ1) is 36.4. The smallest absolute Gasteiger partial charge is 0.0540 e. The van der Waals surface area contributed by atoms with Gasteiger partial charge in [0.1, 0.15) is 0 Å². The molecule has 6 aliphatic rings. The summed E-state index contributed by atoms with van der Waals surface area (Å²) in [5.74, 6) is 3.16. The molecule has 1 spiro atoms. The molecule has 0 heterocycles. The Hall–Kier alpha value is -8.00. The number of fused-ring (bicyclic) bond motifs is 6. The van der Waals surface area contributed by atoms with Gasteiger partial charge >= 0.3 is 0 Å². The number of nitrogens with zero attached hydrogens (tertiary/aromatic N) is 1. The fourth-order valence-electron chi connectivity index (χ4n) is 15.8. The fourth-order valence-corrected chi connectivity index (χ4v) is 15.8. The number of rotatable bonds is 8. The summed E-state index contributed by atoms with van der Waals surface area (Å²) in [4.78, 5) is 2.57. The first kappa shape index (κ1) is 43.6. The second kappa shape index (κ2) is 16.8. The van der Waals surface area contributed by atoms with Crippen molar-refractivity contribution in [2.45, 2.75) is 56.8 Å². The van der Waals surface area contributed by atoms with E-state index in [1.54, 1.807) is 11.1 Å². The van der Waals surface area contributed by atoms with Gasteiger partial charge in [-0.3, -0.25) is 0 Å². The SMILES string of the molecule is CC1(C)c2ccccc2-c2cccc(-c3ccccc3-c3ccc(N(c4ccc5c(c4)C4(c6ccccc6-5)C5CC6CC(C5)CC4C6)c4ccccc4-c4ccc(-c5ccc(-c6ccccc6)cc5)cc4)cc3)c21. The Morgan fingerprint density at radius 3 is 1.39 bits per heavy atom. The summed E-state index contributed by atoms with van der Waals surface area (Å²) in [6, 6.07) is 89.4. The van der Waals surface area contributed by atoms with Crippen LogP contribution in [-0.4, -0.2) is 0 Å². The van der Waals surface area contributed by atoms with E-state index in [-0.39, 0.29) is 10.8 Å². The number of hydrogen-bond donors (Lipinski definition) is 0. The summed E-state index contributed by atoms with van der Waals surface area (Å²) in [7, 11) is 0. The summed E-state index contributed by atoms with van der Waals surface area (Å²) in [5.41, 5.74) is 27.5. The van der Waals surface area contributed by atoms with Gasteiger partial charge < -0.3 is 4.90 Å². The quantitative estimate of drug-likeness (QED) is 0.147. The van der Waals surface area contributed by atoms with E-state index >= 15 is 0 Å². The maximum Gasteiger partial charge on any atom is 0.0540 e. The Bertz CT molecular complexity index is 3770. The molecule has 0 amide bonds. The maximum absolute atomic E-state index is 2.65. The molecule has 10 aromatic carbocycles. The van der Waals surface area contributed by atoms with Crippen molar-refractivity contribution in [1.82, 2.24) is 0 Å². The third kappa shape index (κ3) is 6.55. The zero-order chi connectivity index (χ0) is 49.1. The fraction of sp³-hybridized carbons (Fsp3) is 0.178. The lowest BCUT2D eigenvalue weighted by Crippen LogP contribution is -2.55. The number of hydrogen-bond acceptors (Lipinski definition) is 1. The molecule has 4 saturated carbocycles. The van der Waals surface area contributed by atoms with Crippen molar-refractivity contribution in [2.75, 3.05) is 4.90 Å². The molecule has 16 rings (SSSR count). The summed E-state index contributed by atoms with van der Waals surface area (Å²) in [6.45, 7) is 4.79. The van der Waals surface area contributed by atoms with Crippen LogP contribution in [0.4, 0.5) is 17.1 Å². The molecule has 0 atom stereocenters. The molecule has 4 bridgehead atoms. The van der Waals surface area contributed by atoms with E-state index < -0.39 is 0 Å². The van der Waals surface area contributed by atoms with Crippen molar-refractivity contribution in [3.8, 4) is 77.9 Å². The molecule has 0 aromatic heterocycles. The summed E-state index contributed by atoms with van der Waals surface area (Å²) in [5, 5.41) is 0. The minimum absolute atomic E-state index is 0.0663. The van der Waals surface area contributed by atoms with Crippen molar-refractivity contribution in [3.05, 3.63) is 259 Å². The van der Waals surface area contributed by atoms with Gasteiger partial charge in [-0.25, -0.2) is 0 Å². The van der Waals surface area contributed by atoms with Crippen LogP contribution in [0, 0.1) is 23.7 Å². The van der Waals surface area contributed by atoms with Crippen molar-refractivity contribution in [1.29, 1.82) is 0 Å². The van der Waals surface area contributed by atoms with Crippen LogP contribution in [0.25, 0.3) is 77.9 Å². The van der Waals surface area contributed by atoms with E-state index in [1.165, 1.54) is 132 Å². The van der Waals surface area contributed by atoms with Crippen LogP contribution in [0.15, 0.2) is 237 Å². The monoisotopic (exact) mass is 949 g/mol. The normalized spacial score (nSPS) is 21.0. The molecule has 0 unspecified atom stereocenters. The van der Waals surface area contributed by atoms with Gasteiger partial charge in [0.25, 0.3) is 0 Å². The van der Waals surface area contributed by atoms with Gasteiger partial charge in [0.15, 0.2) is 0 Å². The van der Waals surface area contributed by atoms with Crippen LogP contribution in [0.1, 0.15) is 68.2 Å². The first-order valence-corrected chi connectivity index (χ1v) is 27.2. The lowest BCUT2D eigenvalue weighted by atomic mass is 9.43. The molecule has 0 N–H and O–H groups in total. The van der Waals surface area contributed by atoms with Crippen molar-refractivity contribution in [2.24, 2.45) is 23.7 Å². The summed E-state index contributed by atoms with van der Waals surface area (Å²) in [6.07, 6.45) is 6.91. The van der Waals surface area contributed by atoms with Crippen LogP contribution < -0.4 is 4.90 Å². The molecule has 10 aromatic rings. The second-order valence-corrected chi connectivity index (χ2v) is 22.8. The van der Waals surface area contributed by atoms with Gasteiger partial charge in [0, 0.05) is 27.8 Å². The third-order valence-corrected chi connectivity index (χ3v) is 18.7. The molecule has 0 aliphatic heterocycles. The molecule has 1 heteroatoms. The molecule has 6 aliphatic carbocycles. The standard InChI is InChI=1S/C73H59N/c1-72(2)67-24-11-8-21-63(67)66-23-14-22-65(71(66)72)61-19-7-6-17-59(61)53-35-37-57(38-36-53)74(58-39-40-64-62-20-9-12-25-68(62)73(69(64)46-58)55-42-47-41-48(44-55)45-56(73)43-47)70-26-13-10-18-60(70)54-33-31-52(32-34-54)51-29-27-50(28-30-51)49-15-4-3-5-16-49/h3-40,46-48,55-56H,41-45H2,1-2H3. The summed E-state index contributed by atoms with van der Waals surface area (Å²) >= 11 is 0. The Balaban J connectivity index is 0.857. The number of benzene rings is 10. The van der Waals surface area contributed by atoms with Gasteiger partial charge in [0.2, 0.25) is 0 Å². The summed E-state index contributed by atoms with van der Waals surface area (Å²) < 4.78 is 0. The highest BCUT2D eigenvalue weighted by Crippen LogP contribution is 2.70. The number of para-hydroxylation sites is 1. The zero-order valence-electron chi connectivity index (χ0n) is 42.3. The molecule has 0 radical (unpaired) electrons. The minimum atomic E-state index is -0.117. The Morgan fingerprint density at radius 2 is 0.743 bits per heavy atom. The van der Waals surface area contributed by atoms with Gasteiger partial charge in [-0.15, -0.1) is 0 Å². The predicted octanol–water partition coefficient (Wildman–Crippen LogP) is 19.5. The van der Waals surface area contributed by atoms with Crippen molar-refractivity contribution in [3.63, 3.8) is 0 Å². The van der Waals surface area contributed by atoms with Crippen molar-refractivity contribution >= 4 is 17.1 Å². The number of anilines is 3. The lowest BCUT2D eigenvalue weighted by Gasteiger charge is -2.61. The van der Waals surface area contributed by atoms with E-state index in [4.69, 9.17) is 0 Å². The molecule has 0 saturated heterocycles. The third-order valence-electron chi connectivity index (χ3n) is 18.7.